The monoisotopic (exact) mass is 486 g/mol. The van der Waals surface area contributed by atoms with Crippen molar-refractivity contribution in [2.24, 2.45) is 0 Å². The summed E-state index contributed by atoms with van der Waals surface area (Å²) in [6.45, 7) is 3.89. The van der Waals surface area contributed by atoms with E-state index in [9.17, 15) is 13.2 Å². The predicted octanol–water partition coefficient (Wildman–Crippen LogP) is 4.59. The van der Waals surface area contributed by atoms with Crippen molar-refractivity contribution in [2.45, 2.75) is 31.2 Å². The van der Waals surface area contributed by atoms with E-state index in [0.29, 0.717) is 5.69 Å². The van der Waals surface area contributed by atoms with Gasteiger partial charge in [-0.2, -0.15) is 4.72 Å². The fourth-order valence-electron chi connectivity index (χ4n) is 3.18. The number of nitrogens with one attached hydrogen (secondary N) is 2. The van der Waals surface area contributed by atoms with E-state index >= 15 is 0 Å². The number of anilines is 1. The second-order valence-corrected chi connectivity index (χ2v) is 9.81. The molecule has 30 heavy (non-hydrogen) atoms. The zero-order valence-electron chi connectivity index (χ0n) is 16.7. The molecule has 5 nitrogen and oxygen atoms in total. The number of carbonyl (C=O) groups is 1. The molecule has 0 aliphatic rings. The normalized spacial score (nSPS) is 12.4. The molecule has 0 aromatic heterocycles. The third kappa shape index (κ3) is 6.01. The Morgan fingerprint density at radius 3 is 2.13 bits per heavy atom. The van der Waals surface area contributed by atoms with E-state index in [2.05, 4.69) is 26.0 Å². The summed E-state index contributed by atoms with van der Waals surface area (Å²) in [6.07, 6.45) is 0.229. The summed E-state index contributed by atoms with van der Waals surface area (Å²) in [6, 6.07) is 20.4. The van der Waals surface area contributed by atoms with Crippen LogP contribution < -0.4 is 10.0 Å². The van der Waals surface area contributed by atoms with Crippen LogP contribution in [0.15, 0.2) is 82.2 Å². The van der Waals surface area contributed by atoms with Crippen LogP contribution in [0, 0.1) is 13.8 Å². The maximum atomic E-state index is 13.1. The Morgan fingerprint density at radius 2 is 1.53 bits per heavy atom. The summed E-state index contributed by atoms with van der Waals surface area (Å²) in [5.74, 6) is -0.412. The van der Waals surface area contributed by atoms with Crippen LogP contribution >= 0.6 is 15.9 Å². The highest BCUT2D eigenvalue weighted by Gasteiger charge is 2.26. The third-order valence-electron chi connectivity index (χ3n) is 4.51. The average molecular weight is 487 g/mol. The van der Waals surface area contributed by atoms with Crippen LogP contribution in [0.25, 0.3) is 0 Å². The summed E-state index contributed by atoms with van der Waals surface area (Å²) in [4.78, 5) is 13.2. The van der Waals surface area contributed by atoms with Gasteiger partial charge in [0.2, 0.25) is 15.9 Å². The molecule has 156 valence electrons. The van der Waals surface area contributed by atoms with Crippen LogP contribution in [-0.4, -0.2) is 20.4 Å². The third-order valence-corrected chi connectivity index (χ3v) is 6.53. The maximum absolute atomic E-state index is 13.1. The fourth-order valence-corrected chi connectivity index (χ4v) is 4.64. The predicted molar refractivity (Wildman–Crippen MR) is 123 cm³/mol. The van der Waals surface area contributed by atoms with Gasteiger partial charge in [-0.15, -0.1) is 0 Å². The molecular weight excluding hydrogens is 464 g/mol. The van der Waals surface area contributed by atoms with E-state index in [1.807, 2.05) is 62.4 Å². The first-order chi connectivity index (χ1) is 14.2. The Morgan fingerprint density at radius 1 is 0.933 bits per heavy atom. The van der Waals surface area contributed by atoms with Gasteiger partial charge < -0.3 is 5.32 Å². The van der Waals surface area contributed by atoms with Crippen LogP contribution in [0.4, 0.5) is 5.69 Å². The summed E-state index contributed by atoms with van der Waals surface area (Å²) < 4.78 is 29.2. The lowest BCUT2D eigenvalue weighted by Crippen LogP contribution is -2.45. The minimum atomic E-state index is -3.88. The summed E-state index contributed by atoms with van der Waals surface area (Å²) in [5.41, 5.74) is 3.52. The quantitative estimate of drug-likeness (QED) is 0.512. The zero-order valence-corrected chi connectivity index (χ0v) is 19.1. The molecule has 1 atom stereocenters. The Labute approximate surface area is 185 Å². The van der Waals surface area contributed by atoms with E-state index in [-0.39, 0.29) is 11.3 Å². The molecular formula is C23H23BrN2O3S. The van der Waals surface area contributed by atoms with E-state index in [1.165, 1.54) is 12.1 Å². The lowest BCUT2D eigenvalue weighted by molar-refractivity contribution is -0.117. The molecule has 1 amide bonds. The maximum Gasteiger partial charge on any atom is 0.242 e. The van der Waals surface area contributed by atoms with Crippen LogP contribution in [0.1, 0.15) is 16.7 Å². The highest BCUT2D eigenvalue weighted by Crippen LogP contribution is 2.18. The molecule has 0 heterocycles. The lowest BCUT2D eigenvalue weighted by Gasteiger charge is -2.19. The number of carbonyl (C=O) groups excluding carboxylic acids is 1. The van der Waals surface area contributed by atoms with Crippen LogP contribution in [0.3, 0.4) is 0 Å². The molecule has 3 aromatic carbocycles. The zero-order chi connectivity index (χ0) is 21.7. The molecule has 0 aliphatic carbocycles. The van der Waals surface area contributed by atoms with Crippen molar-refractivity contribution in [3.05, 3.63) is 94.0 Å². The number of sulfonamides is 1. The van der Waals surface area contributed by atoms with Gasteiger partial charge in [0.25, 0.3) is 0 Å². The molecule has 2 N–H and O–H groups in total. The van der Waals surface area contributed by atoms with Crippen LogP contribution in [0.2, 0.25) is 0 Å². The Kier molecular flexibility index (Phi) is 7.07. The number of halogens is 1. The van der Waals surface area contributed by atoms with Crippen molar-refractivity contribution < 1.29 is 13.2 Å². The number of hydrogen-bond donors (Lipinski definition) is 2. The molecule has 0 saturated heterocycles. The Hall–Kier alpha value is -2.48. The molecule has 7 heteroatoms. The average Bonchev–Trinajstić information content (AvgIpc) is 2.67. The number of rotatable bonds is 7. The standard InChI is InChI=1S/C23H23BrN2O3S/c1-16-12-17(2)14-20(13-16)25-23(27)22(15-18-6-4-3-5-7-18)26-30(28,29)21-10-8-19(24)9-11-21/h3-14,22,26H,15H2,1-2H3,(H,25,27)/t22-/m0/s1. The number of hydrogen-bond acceptors (Lipinski definition) is 3. The summed E-state index contributed by atoms with van der Waals surface area (Å²) in [7, 11) is -3.88. The van der Waals surface area contributed by atoms with Gasteiger partial charge in [-0.3, -0.25) is 4.79 Å². The lowest BCUT2D eigenvalue weighted by atomic mass is 10.1. The number of benzene rings is 3. The second kappa shape index (κ2) is 9.55. The van der Waals surface area contributed by atoms with Gasteiger partial charge in [0.1, 0.15) is 6.04 Å². The molecule has 0 unspecified atom stereocenters. The van der Waals surface area contributed by atoms with Crippen molar-refractivity contribution in [2.75, 3.05) is 5.32 Å². The van der Waals surface area contributed by atoms with Crippen LogP contribution in [0.5, 0.6) is 0 Å². The first kappa shape index (κ1) is 22.2. The smallest absolute Gasteiger partial charge is 0.242 e. The SMILES string of the molecule is Cc1cc(C)cc(NC(=O)[C@H](Cc2ccccc2)NS(=O)(=O)c2ccc(Br)cc2)c1. The number of amides is 1. The highest BCUT2D eigenvalue weighted by atomic mass is 79.9. The van der Waals surface area contributed by atoms with E-state index in [1.54, 1.807) is 12.1 Å². The van der Waals surface area contributed by atoms with Crippen molar-refractivity contribution in [1.29, 1.82) is 0 Å². The van der Waals surface area contributed by atoms with Gasteiger partial charge >= 0.3 is 0 Å². The van der Waals surface area contributed by atoms with Gasteiger partial charge in [0, 0.05) is 10.2 Å². The Bertz CT molecular complexity index is 1110. The van der Waals surface area contributed by atoms with Crippen LogP contribution in [-0.2, 0) is 21.2 Å². The van der Waals surface area contributed by atoms with Gasteiger partial charge in [-0.05, 0) is 73.4 Å². The Balaban J connectivity index is 1.87. The van der Waals surface area contributed by atoms with E-state index in [0.717, 1.165) is 21.2 Å². The van der Waals surface area contributed by atoms with Crippen molar-refractivity contribution in [3.63, 3.8) is 0 Å². The van der Waals surface area contributed by atoms with Crippen molar-refractivity contribution >= 4 is 37.5 Å². The topological polar surface area (TPSA) is 75.3 Å². The van der Waals surface area contributed by atoms with E-state index < -0.39 is 22.0 Å². The number of aryl methyl sites for hydroxylation is 2. The molecule has 0 aliphatic heterocycles. The van der Waals surface area contributed by atoms with Gasteiger partial charge in [0.15, 0.2) is 0 Å². The fraction of sp³-hybridized carbons (Fsp3) is 0.174. The molecule has 3 aromatic rings. The summed E-state index contributed by atoms with van der Waals surface area (Å²) in [5, 5.41) is 2.85. The van der Waals surface area contributed by atoms with E-state index in [4.69, 9.17) is 0 Å². The molecule has 0 fully saturated rings. The van der Waals surface area contributed by atoms with Crippen molar-refractivity contribution in [3.8, 4) is 0 Å². The van der Waals surface area contributed by atoms with Gasteiger partial charge in [0.05, 0.1) is 4.90 Å². The molecule has 3 rings (SSSR count). The summed E-state index contributed by atoms with van der Waals surface area (Å²) >= 11 is 3.30. The van der Waals surface area contributed by atoms with Gasteiger partial charge in [-0.25, -0.2) is 8.42 Å². The largest absolute Gasteiger partial charge is 0.325 e. The minimum Gasteiger partial charge on any atom is -0.325 e. The first-order valence-corrected chi connectivity index (χ1v) is 11.7. The molecule has 0 spiro atoms. The van der Waals surface area contributed by atoms with Crippen molar-refractivity contribution in [1.82, 2.24) is 4.72 Å². The molecule has 0 saturated carbocycles. The van der Waals surface area contributed by atoms with Gasteiger partial charge in [-0.1, -0.05) is 52.3 Å². The first-order valence-electron chi connectivity index (χ1n) is 9.44. The molecule has 0 radical (unpaired) electrons. The molecule has 0 bridgehead atoms. The second-order valence-electron chi connectivity index (χ2n) is 7.18. The highest BCUT2D eigenvalue weighted by molar-refractivity contribution is 9.10. The minimum absolute atomic E-state index is 0.1000.